The van der Waals surface area contributed by atoms with Gasteiger partial charge in [-0.05, 0) is 37.8 Å². The summed E-state index contributed by atoms with van der Waals surface area (Å²) in [6.07, 6.45) is 2.67. The SMILES string of the molecule is O=C(O)C1=C(C(=O)N2CCN(c3ccccc3F)CC2)CCCC1. The Morgan fingerprint density at radius 1 is 0.958 bits per heavy atom. The lowest BCUT2D eigenvalue weighted by molar-refractivity contribution is -0.134. The van der Waals surface area contributed by atoms with Crippen molar-refractivity contribution in [1.29, 1.82) is 0 Å². The molecule has 0 unspecified atom stereocenters. The van der Waals surface area contributed by atoms with Gasteiger partial charge >= 0.3 is 5.97 Å². The maximum Gasteiger partial charge on any atom is 0.332 e. The molecule has 6 heteroatoms. The number of carbonyl (C=O) groups is 2. The van der Waals surface area contributed by atoms with E-state index in [0.29, 0.717) is 50.3 Å². The standard InChI is InChI=1S/C18H21FN2O3/c19-15-7-3-4-8-16(15)20-9-11-21(12-10-20)17(22)13-5-1-2-6-14(13)18(23)24/h3-4,7-8H,1-2,5-6,9-12H2,(H,23,24). The third kappa shape index (κ3) is 3.27. The fourth-order valence-corrected chi connectivity index (χ4v) is 3.43. The van der Waals surface area contributed by atoms with Crippen LogP contribution < -0.4 is 4.90 Å². The van der Waals surface area contributed by atoms with Gasteiger partial charge in [-0.1, -0.05) is 12.1 Å². The first kappa shape index (κ1) is 16.5. The quantitative estimate of drug-likeness (QED) is 0.923. The summed E-state index contributed by atoms with van der Waals surface area (Å²) >= 11 is 0. The molecule has 3 rings (SSSR count). The Labute approximate surface area is 140 Å². The van der Waals surface area contributed by atoms with E-state index in [1.54, 1.807) is 23.1 Å². The second-order valence-corrected chi connectivity index (χ2v) is 6.20. The zero-order chi connectivity index (χ0) is 17.1. The predicted octanol–water partition coefficient (Wildman–Crippen LogP) is 2.43. The first-order valence-corrected chi connectivity index (χ1v) is 8.32. The zero-order valence-electron chi connectivity index (χ0n) is 13.5. The van der Waals surface area contributed by atoms with Crippen LogP contribution in [0.25, 0.3) is 0 Å². The summed E-state index contributed by atoms with van der Waals surface area (Å²) in [5, 5.41) is 9.30. The molecule has 1 heterocycles. The molecule has 0 saturated carbocycles. The van der Waals surface area contributed by atoms with Gasteiger partial charge in [-0.15, -0.1) is 0 Å². The van der Waals surface area contributed by atoms with Crippen LogP contribution >= 0.6 is 0 Å². The first-order valence-electron chi connectivity index (χ1n) is 8.32. The summed E-state index contributed by atoms with van der Waals surface area (Å²) < 4.78 is 13.9. The molecule has 1 aliphatic heterocycles. The lowest BCUT2D eigenvalue weighted by Gasteiger charge is -2.37. The fourth-order valence-electron chi connectivity index (χ4n) is 3.43. The molecule has 128 valence electrons. The maximum atomic E-state index is 13.9. The molecule has 1 aliphatic carbocycles. The highest BCUT2D eigenvalue weighted by atomic mass is 19.1. The van der Waals surface area contributed by atoms with Crippen LogP contribution in [0.5, 0.6) is 0 Å². The molecular formula is C18H21FN2O3. The van der Waals surface area contributed by atoms with Crippen LogP contribution in [0.4, 0.5) is 10.1 Å². The minimum Gasteiger partial charge on any atom is -0.478 e. The number of nitrogens with zero attached hydrogens (tertiary/aromatic N) is 2. The Kier molecular flexibility index (Phi) is 4.83. The number of hydrogen-bond acceptors (Lipinski definition) is 3. The number of halogens is 1. The van der Waals surface area contributed by atoms with E-state index in [2.05, 4.69) is 0 Å². The van der Waals surface area contributed by atoms with E-state index < -0.39 is 5.97 Å². The number of amides is 1. The summed E-state index contributed by atoms with van der Waals surface area (Å²) in [5.41, 5.74) is 1.27. The van der Waals surface area contributed by atoms with Gasteiger partial charge in [-0.25, -0.2) is 9.18 Å². The van der Waals surface area contributed by atoms with Gasteiger partial charge in [0.25, 0.3) is 0 Å². The number of rotatable bonds is 3. The van der Waals surface area contributed by atoms with Crippen molar-refractivity contribution in [3.05, 3.63) is 41.2 Å². The highest BCUT2D eigenvalue weighted by Crippen LogP contribution is 2.27. The lowest BCUT2D eigenvalue weighted by atomic mass is 9.90. The maximum absolute atomic E-state index is 13.9. The number of carbonyl (C=O) groups excluding carboxylic acids is 1. The Morgan fingerprint density at radius 2 is 1.58 bits per heavy atom. The zero-order valence-corrected chi connectivity index (χ0v) is 13.5. The predicted molar refractivity (Wildman–Crippen MR) is 88.3 cm³/mol. The number of carboxylic acid groups (broad SMARTS) is 1. The van der Waals surface area contributed by atoms with Crippen LogP contribution in [0, 0.1) is 5.82 Å². The van der Waals surface area contributed by atoms with Crippen LogP contribution in [0.15, 0.2) is 35.4 Å². The normalized spacial score (nSPS) is 18.7. The number of hydrogen-bond donors (Lipinski definition) is 1. The van der Waals surface area contributed by atoms with Crippen molar-refractivity contribution in [1.82, 2.24) is 4.90 Å². The van der Waals surface area contributed by atoms with E-state index in [1.165, 1.54) is 6.07 Å². The third-order valence-electron chi connectivity index (χ3n) is 4.74. The van der Waals surface area contributed by atoms with E-state index in [9.17, 15) is 19.1 Å². The van der Waals surface area contributed by atoms with Crippen molar-refractivity contribution in [3.63, 3.8) is 0 Å². The van der Waals surface area contributed by atoms with Crippen LogP contribution in [0.3, 0.4) is 0 Å². The van der Waals surface area contributed by atoms with Gasteiger partial charge in [-0.2, -0.15) is 0 Å². The Balaban J connectivity index is 1.69. The molecule has 1 fully saturated rings. The van der Waals surface area contributed by atoms with Gasteiger partial charge in [0.2, 0.25) is 5.91 Å². The van der Waals surface area contributed by atoms with Gasteiger partial charge in [0.15, 0.2) is 0 Å². The molecule has 1 saturated heterocycles. The number of piperazine rings is 1. The van der Waals surface area contributed by atoms with E-state index in [4.69, 9.17) is 0 Å². The molecule has 1 aromatic rings. The lowest BCUT2D eigenvalue weighted by Crippen LogP contribution is -2.49. The van der Waals surface area contributed by atoms with E-state index >= 15 is 0 Å². The van der Waals surface area contributed by atoms with Crippen LogP contribution in [0.1, 0.15) is 25.7 Å². The molecule has 24 heavy (non-hydrogen) atoms. The summed E-state index contributed by atoms with van der Waals surface area (Å²) in [6.45, 7) is 2.04. The van der Waals surface area contributed by atoms with Gasteiger partial charge in [0, 0.05) is 37.3 Å². The molecular weight excluding hydrogens is 311 g/mol. The van der Waals surface area contributed by atoms with Gasteiger partial charge in [0.05, 0.1) is 5.69 Å². The largest absolute Gasteiger partial charge is 0.478 e. The molecule has 1 aromatic carbocycles. The number of aliphatic carboxylic acids is 1. The topological polar surface area (TPSA) is 60.9 Å². The summed E-state index contributed by atoms with van der Waals surface area (Å²) in [6, 6.07) is 6.61. The second-order valence-electron chi connectivity index (χ2n) is 6.20. The molecule has 0 bridgehead atoms. The molecule has 0 spiro atoms. The van der Waals surface area contributed by atoms with Crippen LogP contribution in [-0.2, 0) is 9.59 Å². The van der Waals surface area contributed by atoms with Gasteiger partial charge in [0.1, 0.15) is 5.82 Å². The first-order chi connectivity index (χ1) is 11.6. The van der Waals surface area contributed by atoms with Crippen LogP contribution in [0.2, 0.25) is 0 Å². The minimum atomic E-state index is -0.983. The van der Waals surface area contributed by atoms with Crippen LogP contribution in [-0.4, -0.2) is 48.1 Å². The Hall–Kier alpha value is -2.37. The van der Waals surface area contributed by atoms with Gasteiger partial charge in [-0.3, -0.25) is 4.79 Å². The van der Waals surface area contributed by atoms with Crippen molar-refractivity contribution in [3.8, 4) is 0 Å². The second kappa shape index (κ2) is 7.03. The summed E-state index contributed by atoms with van der Waals surface area (Å²) in [4.78, 5) is 27.7. The molecule has 1 N–H and O–H groups in total. The monoisotopic (exact) mass is 332 g/mol. The molecule has 0 atom stereocenters. The average Bonchev–Trinajstić information content (AvgIpc) is 2.62. The third-order valence-corrected chi connectivity index (χ3v) is 4.74. The molecule has 0 radical (unpaired) electrons. The van der Waals surface area contributed by atoms with E-state index in [0.717, 1.165) is 12.8 Å². The molecule has 1 amide bonds. The number of carboxylic acids is 1. The van der Waals surface area contributed by atoms with Crippen molar-refractivity contribution < 1.29 is 19.1 Å². The smallest absolute Gasteiger partial charge is 0.332 e. The van der Waals surface area contributed by atoms with Gasteiger partial charge < -0.3 is 14.9 Å². The van der Waals surface area contributed by atoms with Crippen molar-refractivity contribution in [2.75, 3.05) is 31.1 Å². The molecule has 0 aromatic heterocycles. The van der Waals surface area contributed by atoms with E-state index in [1.807, 2.05) is 4.90 Å². The van der Waals surface area contributed by atoms with E-state index in [-0.39, 0.29) is 17.3 Å². The summed E-state index contributed by atoms with van der Waals surface area (Å²) in [5.74, 6) is -1.41. The van der Waals surface area contributed by atoms with Crippen molar-refractivity contribution in [2.45, 2.75) is 25.7 Å². The number of para-hydroxylation sites is 1. The average molecular weight is 332 g/mol. The number of benzene rings is 1. The Bertz CT molecular complexity index is 679. The summed E-state index contributed by atoms with van der Waals surface area (Å²) in [7, 11) is 0. The molecule has 5 nitrogen and oxygen atoms in total. The van der Waals surface area contributed by atoms with Crippen molar-refractivity contribution >= 4 is 17.6 Å². The fraction of sp³-hybridized carbons (Fsp3) is 0.444. The minimum absolute atomic E-state index is 0.166. The molecule has 2 aliphatic rings. The highest BCUT2D eigenvalue weighted by Gasteiger charge is 2.29. The number of anilines is 1. The Morgan fingerprint density at radius 3 is 2.21 bits per heavy atom. The van der Waals surface area contributed by atoms with Crippen molar-refractivity contribution in [2.24, 2.45) is 0 Å². The highest BCUT2D eigenvalue weighted by molar-refractivity contribution is 6.02.